The minimum Gasteiger partial charge on any atom is -0.497 e. The minimum absolute atomic E-state index is 0.193. The second-order valence-electron chi connectivity index (χ2n) is 6.93. The van der Waals surface area contributed by atoms with E-state index in [0.29, 0.717) is 29.3 Å². The molecular formula is C24H23N3O3S. The van der Waals surface area contributed by atoms with E-state index in [9.17, 15) is 4.79 Å². The van der Waals surface area contributed by atoms with Crippen molar-refractivity contribution in [1.29, 1.82) is 0 Å². The third-order valence-electron chi connectivity index (χ3n) is 4.86. The molecule has 0 saturated carbocycles. The van der Waals surface area contributed by atoms with Crippen molar-refractivity contribution in [2.24, 2.45) is 0 Å². The average Bonchev–Trinajstić information content (AvgIpc) is 3.44. The molecular weight excluding hydrogens is 410 g/mol. The number of aromatic nitrogens is 2. The summed E-state index contributed by atoms with van der Waals surface area (Å²) < 4.78 is 12.6. The van der Waals surface area contributed by atoms with Crippen LogP contribution in [-0.2, 0) is 6.54 Å². The van der Waals surface area contributed by atoms with E-state index in [4.69, 9.17) is 14.6 Å². The molecule has 1 N–H and O–H groups in total. The number of hydrogen-bond donors (Lipinski definition) is 1. The Kier molecular flexibility index (Phi) is 6.04. The van der Waals surface area contributed by atoms with E-state index >= 15 is 0 Å². The van der Waals surface area contributed by atoms with Crippen LogP contribution >= 0.6 is 11.3 Å². The van der Waals surface area contributed by atoms with E-state index in [2.05, 4.69) is 5.32 Å². The van der Waals surface area contributed by atoms with Crippen LogP contribution in [0.15, 0.2) is 66.9 Å². The molecule has 0 saturated heterocycles. The van der Waals surface area contributed by atoms with Crippen molar-refractivity contribution in [3.05, 3.63) is 82.2 Å². The summed E-state index contributed by atoms with van der Waals surface area (Å²) in [5.41, 5.74) is 2.60. The van der Waals surface area contributed by atoms with Gasteiger partial charge >= 0.3 is 0 Å². The second kappa shape index (κ2) is 9.06. The molecule has 2 aromatic carbocycles. The summed E-state index contributed by atoms with van der Waals surface area (Å²) in [6.07, 6.45) is 1.75. The Morgan fingerprint density at radius 3 is 2.55 bits per heavy atom. The number of ether oxygens (including phenoxy) is 2. The van der Waals surface area contributed by atoms with Crippen molar-refractivity contribution in [3.8, 4) is 28.4 Å². The molecule has 0 aliphatic rings. The quantitative estimate of drug-likeness (QED) is 0.452. The lowest BCUT2D eigenvalue weighted by molar-refractivity contribution is 0.0952. The fourth-order valence-corrected chi connectivity index (χ4v) is 4.12. The number of carbonyl (C=O) groups excluding carboxylic acids is 1. The number of nitrogens with one attached hydrogen (secondary N) is 1. The molecule has 0 spiro atoms. The number of hydrogen-bond acceptors (Lipinski definition) is 5. The molecule has 0 radical (unpaired) electrons. The standard InChI is InChI=1S/C24H23N3O3S/c1-16-9-11-19(31-16)14-25-24(28)21-15-27(17-7-5-4-6-8-17)26-23(21)20-12-10-18(29-2)13-22(20)30-3/h4-13,15H,14H2,1-3H3,(H,25,28). The van der Waals surface area contributed by atoms with E-state index in [1.807, 2.05) is 61.5 Å². The molecule has 31 heavy (non-hydrogen) atoms. The van der Waals surface area contributed by atoms with Crippen molar-refractivity contribution in [3.63, 3.8) is 0 Å². The van der Waals surface area contributed by atoms with Gasteiger partial charge in [0.1, 0.15) is 17.2 Å². The van der Waals surface area contributed by atoms with Gasteiger partial charge in [-0.15, -0.1) is 11.3 Å². The number of methoxy groups -OCH3 is 2. The Bertz CT molecular complexity index is 1200. The molecule has 0 aliphatic carbocycles. The Morgan fingerprint density at radius 2 is 1.87 bits per heavy atom. The smallest absolute Gasteiger partial charge is 0.255 e. The van der Waals surface area contributed by atoms with E-state index in [-0.39, 0.29) is 5.91 Å². The fraction of sp³-hybridized carbons (Fsp3) is 0.167. The van der Waals surface area contributed by atoms with Gasteiger partial charge < -0.3 is 14.8 Å². The van der Waals surface area contributed by atoms with E-state index < -0.39 is 0 Å². The summed E-state index contributed by atoms with van der Waals surface area (Å²) in [5.74, 6) is 1.06. The zero-order chi connectivity index (χ0) is 21.8. The lowest BCUT2D eigenvalue weighted by atomic mass is 10.1. The van der Waals surface area contributed by atoms with Crippen LogP contribution in [0.25, 0.3) is 16.9 Å². The highest BCUT2D eigenvalue weighted by Gasteiger charge is 2.21. The van der Waals surface area contributed by atoms with E-state index in [1.54, 1.807) is 42.5 Å². The van der Waals surface area contributed by atoms with Gasteiger partial charge in [-0.25, -0.2) is 4.68 Å². The highest BCUT2D eigenvalue weighted by molar-refractivity contribution is 7.11. The van der Waals surface area contributed by atoms with Gasteiger partial charge in [0.15, 0.2) is 0 Å². The highest BCUT2D eigenvalue weighted by Crippen LogP contribution is 2.35. The Labute approximate surface area is 185 Å². The SMILES string of the molecule is COc1ccc(-c2nn(-c3ccccc3)cc2C(=O)NCc2ccc(C)s2)c(OC)c1. The zero-order valence-corrected chi connectivity index (χ0v) is 18.4. The first-order chi connectivity index (χ1) is 15.1. The number of para-hydroxylation sites is 1. The molecule has 7 heteroatoms. The van der Waals surface area contributed by atoms with Gasteiger partial charge in [0.25, 0.3) is 5.91 Å². The third-order valence-corrected chi connectivity index (χ3v) is 5.86. The summed E-state index contributed by atoms with van der Waals surface area (Å²) in [6.45, 7) is 2.51. The topological polar surface area (TPSA) is 65.4 Å². The van der Waals surface area contributed by atoms with Gasteiger partial charge in [0.05, 0.1) is 32.0 Å². The maximum Gasteiger partial charge on any atom is 0.255 e. The number of carbonyl (C=O) groups is 1. The van der Waals surface area contributed by atoms with Crippen LogP contribution < -0.4 is 14.8 Å². The molecule has 6 nitrogen and oxygen atoms in total. The van der Waals surface area contributed by atoms with Crippen LogP contribution in [0.2, 0.25) is 0 Å². The molecule has 158 valence electrons. The Balaban J connectivity index is 1.74. The van der Waals surface area contributed by atoms with Crippen LogP contribution in [0.1, 0.15) is 20.1 Å². The summed E-state index contributed by atoms with van der Waals surface area (Å²) in [7, 11) is 3.19. The molecule has 0 atom stereocenters. The molecule has 0 unspecified atom stereocenters. The largest absolute Gasteiger partial charge is 0.497 e. The van der Waals surface area contributed by atoms with Gasteiger partial charge in [-0.05, 0) is 43.3 Å². The Morgan fingerprint density at radius 1 is 1.06 bits per heavy atom. The molecule has 4 rings (SSSR count). The van der Waals surface area contributed by atoms with Crippen molar-refractivity contribution in [2.45, 2.75) is 13.5 Å². The van der Waals surface area contributed by atoms with Crippen molar-refractivity contribution in [2.75, 3.05) is 14.2 Å². The molecule has 2 aromatic heterocycles. The molecule has 0 fully saturated rings. The number of rotatable bonds is 7. The first kappa shape index (κ1) is 20.7. The highest BCUT2D eigenvalue weighted by atomic mass is 32.1. The maximum atomic E-state index is 13.2. The van der Waals surface area contributed by atoms with Crippen LogP contribution in [0, 0.1) is 6.92 Å². The van der Waals surface area contributed by atoms with Gasteiger partial charge in [-0.3, -0.25) is 4.79 Å². The first-order valence-electron chi connectivity index (χ1n) is 9.80. The number of aryl methyl sites for hydroxylation is 1. The molecule has 1 amide bonds. The van der Waals surface area contributed by atoms with Gasteiger partial charge in [-0.2, -0.15) is 5.10 Å². The van der Waals surface area contributed by atoms with Crippen LogP contribution in [0.5, 0.6) is 11.5 Å². The van der Waals surface area contributed by atoms with Crippen LogP contribution in [0.3, 0.4) is 0 Å². The number of benzene rings is 2. The fourth-order valence-electron chi connectivity index (χ4n) is 3.29. The van der Waals surface area contributed by atoms with Crippen molar-refractivity contribution < 1.29 is 14.3 Å². The predicted octanol–water partition coefficient (Wildman–Crippen LogP) is 4.86. The van der Waals surface area contributed by atoms with Gasteiger partial charge in [0, 0.05) is 27.6 Å². The number of thiophene rings is 1. The van der Waals surface area contributed by atoms with Gasteiger partial charge in [0.2, 0.25) is 0 Å². The normalized spacial score (nSPS) is 10.7. The lowest BCUT2D eigenvalue weighted by Crippen LogP contribution is -2.22. The maximum absolute atomic E-state index is 13.2. The number of nitrogens with zero attached hydrogens (tertiary/aromatic N) is 2. The summed E-state index contributed by atoms with van der Waals surface area (Å²) in [4.78, 5) is 15.5. The second-order valence-corrected chi connectivity index (χ2v) is 8.31. The van der Waals surface area contributed by atoms with Crippen LogP contribution in [-0.4, -0.2) is 29.9 Å². The van der Waals surface area contributed by atoms with Crippen molar-refractivity contribution >= 4 is 17.2 Å². The molecule has 0 bridgehead atoms. The molecule has 4 aromatic rings. The monoisotopic (exact) mass is 433 g/mol. The van der Waals surface area contributed by atoms with Gasteiger partial charge in [-0.1, -0.05) is 18.2 Å². The van der Waals surface area contributed by atoms with Crippen molar-refractivity contribution in [1.82, 2.24) is 15.1 Å². The summed E-state index contributed by atoms with van der Waals surface area (Å²) in [6, 6.07) is 19.2. The lowest BCUT2D eigenvalue weighted by Gasteiger charge is -2.10. The summed E-state index contributed by atoms with van der Waals surface area (Å²) in [5, 5.41) is 7.75. The predicted molar refractivity (Wildman–Crippen MR) is 122 cm³/mol. The molecule has 0 aliphatic heterocycles. The minimum atomic E-state index is -0.193. The molecule has 2 heterocycles. The van der Waals surface area contributed by atoms with Crippen LogP contribution in [0.4, 0.5) is 0 Å². The zero-order valence-electron chi connectivity index (χ0n) is 17.6. The average molecular weight is 434 g/mol. The third kappa shape index (κ3) is 4.46. The number of amides is 1. The van der Waals surface area contributed by atoms with E-state index in [0.717, 1.165) is 16.1 Å². The van der Waals surface area contributed by atoms with E-state index in [1.165, 1.54) is 4.88 Å². The Hall–Kier alpha value is -3.58. The first-order valence-corrected chi connectivity index (χ1v) is 10.6. The summed E-state index contributed by atoms with van der Waals surface area (Å²) >= 11 is 1.67.